The molecular weight excluding hydrogens is 266 g/mol. The van der Waals surface area contributed by atoms with Crippen LogP contribution in [0.4, 0.5) is 0 Å². The molecule has 1 aliphatic rings. The second-order valence-corrected chi connectivity index (χ2v) is 4.61. The maximum atomic E-state index is 11.8. The van der Waals surface area contributed by atoms with Crippen molar-refractivity contribution in [3.05, 3.63) is 35.9 Å². The molecule has 1 heterocycles. The van der Waals surface area contributed by atoms with E-state index < -0.39 is 0 Å². The molecule has 106 valence electrons. The lowest BCUT2D eigenvalue weighted by Crippen LogP contribution is -2.32. The van der Waals surface area contributed by atoms with Gasteiger partial charge in [0.1, 0.15) is 12.6 Å². The van der Waals surface area contributed by atoms with Crippen LogP contribution in [0.2, 0.25) is 0 Å². The van der Waals surface area contributed by atoms with Gasteiger partial charge in [-0.2, -0.15) is 0 Å². The highest BCUT2D eigenvalue weighted by molar-refractivity contribution is 5.85. The number of carbonyl (C=O) groups excluding carboxylic acids is 1. The number of carbonyl (C=O) groups is 1. The minimum atomic E-state index is -0.186. The van der Waals surface area contributed by atoms with Gasteiger partial charge in [-0.1, -0.05) is 30.3 Å². The van der Waals surface area contributed by atoms with Crippen LogP contribution >= 0.6 is 12.4 Å². The quantitative estimate of drug-likeness (QED) is 0.838. The molecule has 0 amide bonds. The molecule has 1 N–H and O–H groups in total. The molecule has 1 saturated heterocycles. The van der Waals surface area contributed by atoms with Crippen LogP contribution in [0.3, 0.4) is 0 Å². The third-order valence-electron chi connectivity index (χ3n) is 3.13. The van der Waals surface area contributed by atoms with E-state index in [1.807, 2.05) is 30.3 Å². The molecule has 19 heavy (non-hydrogen) atoms. The van der Waals surface area contributed by atoms with Crippen LogP contribution in [0.1, 0.15) is 12.0 Å². The fraction of sp³-hybridized carbons (Fsp3) is 0.500. The Bertz CT molecular complexity index is 386. The molecule has 4 nitrogen and oxygen atoms in total. The summed E-state index contributed by atoms with van der Waals surface area (Å²) in [7, 11) is 1.68. The van der Waals surface area contributed by atoms with E-state index in [2.05, 4.69) is 5.32 Å². The van der Waals surface area contributed by atoms with Crippen LogP contribution in [-0.2, 0) is 20.9 Å². The molecule has 1 aromatic carbocycles. The molecule has 1 aromatic rings. The molecular formula is C14H20ClNO3. The number of halogens is 1. The number of ether oxygens (including phenoxy) is 2. The van der Waals surface area contributed by atoms with Gasteiger partial charge in [-0.25, -0.2) is 0 Å². The van der Waals surface area contributed by atoms with Crippen molar-refractivity contribution >= 4 is 18.4 Å². The van der Waals surface area contributed by atoms with Crippen LogP contribution in [-0.4, -0.2) is 32.3 Å². The van der Waals surface area contributed by atoms with Gasteiger partial charge in [0, 0.05) is 13.7 Å². The Morgan fingerprint density at radius 1 is 1.37 bits per heavy atom. The number of esters is 1. The van der Waals surface area contributed by atoms with Crippen molar-refractivity contribution in [2.24, 2.45) is 5.92 Å². The van der Waals surface area contributed by atoms with E-state index in [1.165, 1.54) is 0 Å². The highest BCUT2D eigenvalue weighted by Gasteiger charge is 2.30. The smallest absolute Gasteiger partial charge is 0.323 e. The van der Waals surface area contributed by atoms with E-state index in [1.54, 1.807) is 7.11 Å². The molecule has 2 rings (SSSR count). The number of rotatable bonds is 5. The first-order valence-corrected chi connectivity index (χ1v) is 6.22. The molecule has 1 fully saturated rings. The second kappa shape index (κ2) is 8.15. The normalized spacial score (nSPS) is 21.7. The first-order valence-electron chi connectivity index (χ1n) is 6.22. The minimum Gasteiger partial charge on any atom is -0.460 e. The number of nitrogens with one attached hydrogen (secondary N) is 1. The summed E-state index contributed by atoms with van der Waals surface area (Å²) in [5.74, 6) is 0.238. The Labute approximate surface area is 119 Å². The van der Waals surface area contributed by atoms with Gasteiger partial charge < -0.3 is 14.8 Å². The third-order valence-corrected chi connectivity index (χ3v) is 3.13. The molecule has 2 atom stereocenters. The van der Waals surface area contributed by atoms with Gasteiger partial charge in [0.15, 0.2) is 0 Å². The summed E-state index contributed by atoms with van der Waals surface area (Å²) in [6.07, 6.45) is 0.793. The van der Waals surface area contributed by atoms with Crippen LogP contribution in [0.25, 0.3) is 0 Å². The molecule has 0 saturated carbocycles. The van der Waals surface area contributed by atoms with Gasteiger partial charge in [0.2, 0.25) is 0 Å². The number of hydrogen-bond acceptors (Lipinski definition) is 4. The first kappa shape index (κ1) is 16.0. The Hall–Kier alpha value is -1.10. The van der Waals surface area contributed by atoms with E-state index in [0.29, 0.717) is 19.1 Å². The average Bonchev–Trinajstić information content (AvgIpc) is 2.86. The lowest BCUT2D eigenvalue weighted by molar-refractivity contribution is -0.147. The van der Waals surface area contributed by atoms with Crippen LogP contribution in [0.15, 0.2) is 30.3 Å². The summed E-state index contributed by atoms with van der Waals surface area (Å²) in [5.41, 5.74) is 1.01. The van der Waals surface area contributed by atoms with Gasteiger partial charge in [-0.3, -0.25) is 4.79 Å². The van der Waals surface area contributed by atoms with Gasteiger partial charge >= 0.3 is 5.97 Å². The maximum Gasteiger partial charge on any atom is 0.323 e. The van der Waals surface area contributed by atoms with Crippen molar-refractivity contribution < 1.29 is 14.3 Å². The average molecular weight is 286 g/mol. The zero-order chi connectivity index (χ0) is 12.8. The van der Waals surface area contributed by atoms with Crippen molar-refractivity contribution in [2.45, 2.75) is 19.1 Å². The highest BCUT2D eigenvalue weighted by Crippen LogP contribution is 2.15. The van der Waals surface area contributed by atoms with E-state index in [9.17, 15) is 4.79 Å². The first-order chi connectivity index (χ1) is 8.79. The lowest BCUT2D eigenvalue weighted by Gasteiger charge is -2.10. The van der Waals surface area contributed by atoms with Gasteiger partial charge in [0.05, 0.1) is 6.61 Å². The number of methoxy groups -OCH3 is 1. The van der Waals surface area contributed by atoms with E-state index in [-0.39, 0.29) is 24.4 Å². The SMILES string of the molecule is COC[C@@H]1CN[C@H](C(=O)OCc2ccccc2)C1.Cl. The topological polar surface area (TPSA) is 47.6 Å². The number of benzene rings is 1. The standard InChI is InChI=1S/C14H19NO3.ClH/c1-17-9-12-7-13(15-8-12)14(16)18-10-11-5-3-2-4-6-11;/h2-6,12-13,15H,7-10H2,1H3;1H/t12-,13-;/m0./s1. The summed E-state index contributed by atoms with van der Waals surface area (Å²) in [6, 6.07) is 9.52. The Balaban J connectivity index is 0.00000180. The van der Waals surface area contributed by atoms with Crippen molar-refractivity contribution in [3.63, 3.8) is 0 Å². The van der Waals surface area contributed by atoms with Crippen LogP contribution < -0.4 is 5.32 Å². The lowest BCUT2D eigenvalue weighted by atomic mass is 10.1. The second-order valence-electron chi connectivity index (χ2n) is 4.61. The molecule has 0 aliphatic carbocycles. The van der Waals surface area contributed by atoms with Crippen molar-refractivity contribution in [1.29, 1.82) is 0 Å². The van der Waals surface area contributed by atoms with Crippen molar-refractivity contribution in [1.82, 2.24) is 5.32 Å². The summed E-state index contributed by atoms with van der Waals surface area (Å²) in [6.45, 7) is 1.85. The minimum absolute atomic E-state index is 0. The third kappa shape index (κ3) is 4.82. The molecule has 0 aromatic heterocycles. The van der Waals surface area contributed by atoms with Gasteiger partial charge in [0.25, 0.3) is 0 Å². The molecule has 5 heteroatoms. The van der Waals surface area contributed by atoms with Gasteiger partial charge in [-0.15, -0.1) is 12.4 Å². The van der Waals surface area contributed by atoms with E-state index in [0.717, 1.165) is 18.5 Å². The zero-order valence-electron chi connectivity index (χ0n) is 11.0. The van der Waals surface area contributed by atoms with Crippen LogP contribution in [0.5, 0.6) is 0 Å². The zero-order valence-corrected chi connectivity index (χ0v) is 11.8. The molecule has 1 aliphatic heterocycles. The Kier molecular flexibility index (Phi) is 6.84. The maximum absolute atomic E-state index is 11.8. The van der Waals surface area contributed by atoms with Crippen LogP contribution in [0, 0.1) is 5.92 Å². The monoisotopic (exact) mass is 285 g/mol. The largest absolute Gasteiger partial charge is 0.460 e. The Morgan fingerprint density at radius 2 is 2.11 bits per heavy atom. The summed E-state index contributed by atoms with van der Waals surface area (Å²) in [4.78, 5) is 11.8. The predicted octanol–water partition coefficient (Wildman–Crippen LogP) is 1.78. The number of hydrogen-bond donors (Lipinski definition) is 1. The molecule has 0 unspecified atom stereocenters. The fourth-order valence-corrected chi connectivity index (χ4v) is 2.18. The summed E-state index contributed by atoms with van der Waals surface area (Å²) >= 11 is 0. The highest BCUT2D eigenvalue weighted by atomic mass is 35.5. The van der Waals surface area contributed by atoms with Crippen molar-refractivity contribution in [2.75, 3.05) is 20.3 Å². The molecule has 0 spiro atoms. The summed E-state index contributed by atoms with van der Waals surface area (Å²) in [5, 5.41) is 3.17. The molecule has 0 bridgehead atoms. The summed E-state index contributed by atoms with van der Waals surface area (Å²) < 4.78 is 10.4. The van der Waals surface area contributed by atoms with E-state index >= 15 is 0 Å². The van der Waals surface area contributed by atoms with Crippen molar-refractivity contribution in [3.8, 4) is 0 Å². The molecule has 0 radical (unpaired) electrons. The van der Waals surface area contributed by atoms with Gasteiger partial charge in [-0.05, 0) is 17.9 Å². The predicted molar refractivity (Wildman–Crippen MR) is 75.3 cm³/mol. The fourth-order valence-electron chi connectivity index (χ4n) is 2.18. The Morgan fingerprint density at radius 3 is 2.79 bits per heavy atom. The van der Waals surface area contributed by atoms with E-state index in [4.69, 9.17) is 9.47 Å².